The minimum atomic E-state index is -0.284. The summed E-state index contributed by atoms with van der Waals surface area (Å²) in [6.07, 6.45) is 4.97. The van der Waals surface area contributed by atoms with Crippen molar-refractivity contribution >= 4 is 28.6 Å². The maximum Gasteiger partial charge on any atom is 0.244 e. The predicted molar refractivity (Wildman–Crippen MR) is 122 cm³/mol. The van der Waals surface area contributed by atoms with Crippen LogP contribution in [0, 0.1) is 32.1 Å². The number of benzene rings is 1. The standard InChI is InChI=1S/C25H27N3OS/c1-5-23(30-24-20(14-26)16(3)15(2)17(4)27-24)25(29)28-21-12-8-6-10-18(21)19-11-7-9-13-22(19)28/h6,8,10,12,23H,5,7,9,11,13H2,1-4H3. The largest absolute Gasteiger partial charge is 0.283 e. The van der Waals surface area contributed by atoms with E-state index in [0.29, 0.717) is 17.0 Å². The Morgan fingerprint density at radius 2 is 1.93 bits per heavy atom. The maximum absolute atomic E-state index is 13.8. The highest BCUT2D eigenvalue weighted by molar-refractivity contribution is 8.00. The van der Waals surface area contributed by atoms with Crippen LogP contribution in [0.4, 0.5) is 0 Å². The van der Waals surface area contributed by atoms with Gasteiger partial charge in [0.25, 0.3) is 0 Å². The topological polar surface area (TPSA) is 58.7 Å². The smallest absolute Gasteiger partial charge is 0.244 e. The van der Waals surface area contributed by atoms with Crippen LogP contribution < -0.4 is 0 Å². The van der Waals surface area contributed by atoms with Crippen LogP contribution in [-0.4, -0.2) is 20.7 Å². The van der Waals surface area contributed by atoms with E-state index in [9.17, 15) is 10.1 Å². The molecule has 3 aromatic rings. The van der Waals surface area contributed by atoms with Crippen molar-refractivity contribution in [3.05, 3.63) is 57.9 Å². The second kappa shape index (κ2) is 8.28. The van der Waals surface area contributed by atoms with Gasteiger partial charge in [-0.3, -0.25) is 9.36 Å². The van der Waals surface area contributed by atoms with Gasteiger partial charge in [-0.25, -0.2) is 4.98 Å². The number of thioether (sulfide) groups is 1. The Morgan fingerprint density at radius 3 is 2.67 bits per heavy atom. The van der Waals surface area contributed by atoms with Gasteiger partial charge in [-0.05, 0) is 75.6 Å². The molecular formula is C25H27N3OS. The molecule has 0 N–H and O–H groups in total. The molecule has 0 fully saturated rings. The van der Waals surface area contributed by atoms with Gasteiger partial charge in [-0.15, -0.1) is 0 Å². The SMILES string of the molecule is CCC(Sc1nc(C)c(C)c(C)c1C#N)C(=O)n1c2c(c3ccccc31)CCCC2. The van der Waals surface area contributed by atoms with E-state index in [4.69, 9.17) is 0 Å². The Labute approximate surface area is 182 Å². The van der Waals surface area contributed by atoms with Crippen LogP contribution in [0.5, 0.6) is 0 Å². The summed E-state index contributed by atoms with van der Waals surface area (Å²) in [4.78, 5) is 18.5. The van der Waals surface area contributed by atoms with Crippen molar-refractivity contribution in [1.82, 2.24) is 9.55 Å². The summed E-state index contributed by atoms with van der Waals surface area (Å²) < 4.78 is 1.96. The molecular weight excluding hydrogens is 390 g/mol. The minimum absolute atomic E-state index is 0.100. The Kier molecular flexibility index (Phi) is 5.71. The van der Waals surface area contributed by atoms with Gasteiger partial charge in [0.2, 0.25) is 5.91 Å². The minimum Gasteiger partial charge on any atom is -0.283 e. The Morgan fingerprint density at radius 1 is 1.20 bits per heavy atom. The lowest BCUT2D eigenvalue weighted by atomic mass is 9.95. The molecule has 2 aromatic heterocycles. The zero-order valence-electron chi connectivity index (χ0n) is 18.1. The van der Waals surface area contributed by atoms with Gasteiger partial charge >= 0.3 is 0 Å². The molecule has 154 valence electrons. The number of rotatable bonds is 4. The number of hydrogen-bond donors (Lipinski definition) is 0. The molecule has 0 amide bonds. The third-order valence-electron chi connectivity index (χ3n) is 6.37. The van der Waals surface area contributed by atoms with Crippen molar-refractivity contribution in [3.63, 3.8) is 0 Å². The highest BCUT2D eigenvalue weighted by Gasteiger charge is 2.29. The van der Waals surface area contributed by atoms with E-state index in [1.807, 2.05) is 38.3 Å². The molecule has 1 unspecified atom stereocenters. The Hall–Kier alpha value is -2.58. The number of para-hydroxylation sites is 1. The van der Waals surface area contributed by atoms with E-state index in [2.05, 4.69) is 29.3 Å². The third-order valence-corrected chi connectivity index (χ3v) is 7.71. The first-order chi connectivity index (χ1) is 14.5. The number of aryl methyl sites for hydroxylation is 2. The second-order valence-electron chi connectivity index (χ2n) is 8.08. The molecule has 0 aliphatic heterocycles. The summed E-state index contributed by atoms with van der Waals surface area (Å²) in [5, 5.41) is 11.3. The van der Waals surface area contributed by atoms with Gasteiger partial charge in [0.15, 0.2) is 0 Å². The van der Waals surface area contributed by atoms with Crippen molar-refractivity contribution in [1.29, 1.82) is 5.26 Å². The molecule has 1 atom stereocenters. The predicted octanol–water partition coefficient (Wildman–Crippen LogP) is 5.92. The van der Waals surface area contributed by atoms with Crippen LogP contribution in [-0.2, 0) is 12.8 Å². The fraction of sp³-hybridized carbons (Fsp3) is 0.400. The van der Waals surface area contributed by atoms with Crippen LogP contribution in [0.25, 0.3) is 10.9 Å². The molecule has 0 saturated heterocycles. The fourth-order valence-corrected chi connectivity index (χ4v) is 5.61. The number of fused-ring (bicyclic) bond motifs is 3. The number of nitriles is 1. The maximum atomic E-state index is 13.8. The summed E-state index contributed by atoms with van der Waals surface area (Å²) in [6, 6.07) is 10.6. The summed E-state index contributed by atoms with van der Waals surface area (Å²) in [5.41, 5.74) is 7.03. The van der Waals surface area contributed by atoms with Crippen LogP contribution in [0.2, 0.25) is 0 Å². The second-order valence-corrected chi connectivity index (χ2v) is 9.27. The molecule has 1 aromatic carbocycles. The van der Waals surface area contributed by atoms with Crippen molar-refractivity contribution in [3.8, 4) is 6.07 Å². The van der Waals surface area contributed by atoms with Gasteiger partial charge in [0, 0.05) is 16.8 Å². The van der Waals surface area contributed by atoms with Crippen molar-refractivity contribution in [2.75, 3.05) is 0 Å². The lowest BCUT2D eigenvalue weighted by Gasteiger charge is -2.20. The first-order valence-corrected chi connectivity index (χ1v) is 11.6. The van der Waals surface area contributed by atoms with E-state index in [-0.39, 0.29) is 11.2 Å². The van der Waals surface area contributed by atoms with Gasteiger partial charge in [-0.2, -0.15) is 5.26 Å². The number of carbonyl (C=O) groups excluding carboxylic acids is 1. The summed E-state index contributed by atoms with van der Waals surface area (Å²) in [6.45, 7) is 7.96. The van der Waals surface area contributed by atoms with E-state index in [1.54, 1.807) is 0 Å². The van der Waals surface area contributed by atoms with Crippen molar-refractivity contribution in [2.24, 2.45) is 0 Å². The zero-order valence-corrected chi connectivity index (χ0v) is 18.9. The van der Waals surface area contributed by atoms with E-state index < -0.39 is 0 Å². The molecule has 0 spiro atoms. The summed E-state index contributed by atoms with van der Waals surface area (Å²) in [7, 11) is 0. The van der Waals surface area contributed by atoms with Crippen molar-refractivity contribution in [2.45, 2.75) is 70.1 Å². The molecule has 4 rings (SSSR count). The molecule has 0 radical (unpaired) electrons. The molecule has 0 saturated carbocycles. The van der Waals surface area contributed by atoms with Crippen LogP contribution in [0.1, 0.15) is 64.6 Å². The van der Waals surface area contributed by atoms with Crippen LogP contribution in [0.15, 0.2) is 29.3 Å². The van der Waals surface area contributed by atoms with E-state index in [1.165, 1.54) is 34.8 Å². The molecule has 4 nitrogen and oxygen atoms in total. The summed E-state index contributed by atoms with van der Waals surface area (Å²) >= 11 is 1.44. The number of aromatic nitrogens is 2. The Bertz CT molecular complexity index is 1190. The van der Waals surface area contributed by atoms with Gasteiger partial charge < -0.3 is 0 Å². The fourth-order valence-electron chi connectivity index (χ4n) is 4.46. The molecule has 1 aliphatic rings. The van der Waals surface area contributed by atoms with Gasteiger partial charge in [0.05, 0.1) is 16.3 Å². The third kappa shape index (κ3) is 3.33. The summed E-state index contributed by atoms with van der Waals surface area (Å²) in [5.74, 6) is 0.100. The first kappa shape index (κ1) is 20.7. The number of carbonyl (C=O) groups is 1. The quantitative estimate of drug-likeness (QED) is 0.494. The van der Waals surface area contributed by atoms with Crippen LogP contribution in [0.3, 0.4) is 0 Å². The lowest BCUT2D eigenvalue weighted by molar-refractivity contribution is 0.0910. The molecule has 2 heterocycles. The monoisotopic (exact) mass is 417 g/mol. The normalized spacial score (nSPS) is 14.4. The van der Waals surface area contributed by atoms with E-state index >= 15 is 0 Å². The highest BCUT2D eigenvalue weighted by atomic mass is 32.2. The highest BCUT2D eigenvalue weighted by Crippen LogP contribution is 2.36. The molecule has 30 heavy (non-hydrogen) atoms. The average Bonchev–Trinajstić information content (AvgIpc) is 3.10. The number of hydrogen-bond acceptors (Lipinski definition) is 4. The Balaban J connectivity index is 1.78. The number of nitrogens with zero attached hydrogens (tertiary/aromatic N) is 3. The molecule has 0 bridgehead atoms. The number of pyridine rings is 1. The lowest BCUT2D eigenvalue weighted by Crippen LogP contribution is -2.26. The molecule has 1 aliphatic carbocycles. The van der Waals surface area contributed by atoms with Gasteiger partial charge in [-0.1, -0.05) is 36.9 Å². The zero-order chi connectivity index (χ0) is 21.4. The van der Waals surface area contributed by atoms with Gasteiger partial charge in [0.1, 0.15) is 11.1 Å². The molecule has 5 heteroatoms. The first-order valence-electron chi connectivity index (χ1n) is 10.7. The van der Waals surface area contributed by atoms with E-state index in [0.717, 1.165) is 41.6 Å². The average molecular weight is 418 g/mol. The van der Waals surface area contributed by atoms with Crippen LogP contribution >= 0.6 is 11.8 Å². The van der Waals surface area contributed by atoms with Crippen molar-refractivity contribution < 1.29 is 4.79 Å².